The maximum atomic E-state index is 13.0. The molecule has 0 aliphatic heterocycles. The van der Waals surface area contributed by atoms with Crippen LogP contribution in [0.5, 0.6) is 0 Å². The minimum absolute atomic E-state index is 0.0198. The van der Waals surface area contributed by atoms with Crippen molar-refractivity contribution in [2.24, 2.45) is 0 Å². The van der Waals surface area contributed by atoms with Gasteiger partial charge in [-0.15, -0.1) is 0 Å². The van der Waals surface area contributed by atoms with E-state index in [1.54, 1.807) is 6.92 Å². The molecule has 0 saturated heterocycles. The van der Waals surface area contributed by atoms with Gasteiger partial charge in [0.05, 0.1) is 23.2 Å². The fourth-order valence-electron chi connectivity index (χ4n) is 1.40. The Labute approximate surface area is 120 Å². The van der Waals surface area contributed by atoms with Crippen LogP contribution in [0.2, 0.25) is 5.02 Å². The lowest BCUT2D eigenvalue weighted by atomic mass is 10.2. The fourth-order valence-corrected chi connectivity index (χ4v) is 1.56. The van der Waals surface area contributed by atoms with E-state index in [0.717, 1.165) is 17.0 Å². The molecule has 1 aromatic rings. The number of nitriles is 1. The molecule has 5 nitrogen and oxygen atoms in total. The van der Waals surface area contributed by atoms with Crippen LogP contribution in [-0.4, -0.2) is 29.8 Å². The first-order valence-electron chi connectivity index (χ1n) is 5.77. The number of hydrogen-bond acceptors (Lipinski definition) is 3. The molecule has 1 atom stereocenters. The highest BCUT2D eigenvalue weighted by molar-refractivity contribution is 6.41. The van der Waals surface area contributed by atoms with Gasteiger partial charge in [0.25, 0.3) is 0 Å². The smallest absolute Gasteiger partial charge is 0.313 e. The van der Waals surface area contributed by atoms with Crippen molar-refractivity contribution in [1.82, 2.24) is 4.90 Å². The van der Waals surface area contributed by atoms with Gasteiger partial charge in [-0.25, -0.2) is 4.39 Å². The normalized spacial score (nSPS) is 11.3. The molecule has 0 heterocycles. The molecule has 0 saturated carbocycles. The van der Waals surface area contributed by atoms with E-state index in [0.29, 0.717) is 0 Å². The van der Waals surface area contributed by atoms with Crippen molar-refractivity contribution in [2.75, 3.05) is 12.4 Å². The van der Waals surface area contributed by atoms with Crippen LogP contribution in [0.25, 0.3) is 0 Å². The van der Waals surface area contributed by atoms with Crippen molar-refractivity contribution < 1.29 is 14.0 Å². The Hall–Kier alpha value is -2.13. The number of rotatable bonds is 3. The zero-order valence-corrected chi connectivity index (χ0v) is 11.7. The lowest BCUT2D eigenvalue weighted by Crippen LogP contribution is -2.42. The lowest BCUT2D eigenvalue weighted by molar-refractivity contribution is -0.143. The zero-order chi connectivity index (χ0) is 15.3. The second kappa shape index (κ2) is 6.87. The van der Waals surface area contributed by atoms with Crippen molar-refractivity contribution in [3.05, 3.63) is 29.0 Å². The minimum atomic E-state index is -0.940. The Kier molecular flexibility index (Phi) is 5.47. The molecule has 0 spiro atoms. The number of carbonyl (C=O) groups excluding carboxylic acids is 2. The van der Waals surface area contributed by atoms with E-state index in [1.807, 2.05) is 6.07 Å². The summed E-state index contributed by atoms with van der Waals surface area (Å²) in [5.41, 5.74) is 0.0198. The first-order chi connectivity index (χ1) is 9.36. The molecule has 7 heteroatoms. The number of carbonyl (C=O) groups is 2. The molecule has 1 aromatic carbocycles. The van der Waals surface area contributed by atoms with Crippen LogP contribution < -0.4 is 5.32 Å². The number of anilines is 1. The van der Waals surface area contributed by atoms with Crippen molar-refractivity contribution in [1.29, 1.82) is 5.26 Å². The maximum absolute atomic E-state index is 13.0. The van der Waals surface area contributed by atoms with Crippen molar-refractivity contribution in [2.45, 2.75) is 19.4 Å². The Morgan fingerprint density at radius 2 is 2.20 bits per heavy atom. The molecule has 2 amide bonds. The van der Waals surface area contributed by atoms with Crippen LogP contribution in [0.4, 0.5) is 10.1 Å². The highest BCUT2D eigenvalue weighted by atomic mass is 35.5. The third kappa shape index (κ3) is 3.93. The average molecular weight is 298 g/mol. The minimum Gasteiger partial charge on any atom is -0.334 e. The average Bonchev–Trinajstić information content (AvgIpc) is 2.41. The molecule has 1 rings (SSSR count). The summed E-state index contributed by atoms with van der Waals surface area (Å²) < 4.78 is 13.0. The Balaban J connectivity index is 2.78. The number of likely N-dealkylation sites (N-methyl/N-ethyl adjacent to an activating group) is 1. The molecular formula is C13H13ClFN3O2. The van der Waals surface area contributed by atoms with Gasteiger partial charge in [0, 0.05) is 13.1 Å². The maximum Gasteiger partial charge on any atom is 0.313 e. The lowest BCUT2D eigenvalue weighted by Gasteiger charge is -2.22. The molecule has 0 bridgehead atoms. The molecule has 1 N–H and O–H groups in total. The van der Waals surface area contributed by atoms with Crippen LogP contribution in [0.15, 0.2) is 18.2 Å². The number of hydrogen-bond donors (Lipinski definition) is 1. The zero-order valence-electron chi connectivity index (χ0n) is 11.0. The van der Waals surface area contributed by atoms with Crippen LogP contribution >= 0.6 is 11.6 Å². The van der Waals surface area contributed by atoms with Gasteiger partial charge >= 0.3 is 11.8 Å². The molecule has 20 heavy (non-hydrogen) atoms. The molecule has 0 aromatic heterocycles. The number of nitrogens with one attached hydrogen (secondary N) is 1. The SMILES string of the molecule is C[C@@H](CC#N)N(C)C(=O)C(=O)Nc1cc(F)ccc1Cl. The standard InChI is InChI=1S/C13H13ClFN3O2/c1-8(5-6-16)18(2)13(20)12(19)17-11-7-9(15)3-4-10(11)14/h3-4,7-8H,5H2,1-2H3,(H,17,19)/t8-/m0/s1. The second-order valence-electron chi connectivity index (χ2n) is 4.21. The van der Waals surface area contributed by atoms with E-state index in [-0.39, 0.29) is 17.1 Å². The van der Waals surface area contributed by atoms with Gasteiger partial charge < -0.3 is 10.2 Å². The van der Waals surface area contributed by atoms with Gasteiger partial charge in [0.1, 0.15) is 5.82 Å². The van der Waals surface area contributed by atoms with Crippen molar-refractivity contribution >= 4 is 29.1 Å². The first-order valence-corrected chi connectivity index (χ1v) is 6.14. The summed E-state index contributed by atoms with van der Waals surface area (Å²) in [4.78, 5) is 24.7. The molecule has 0 unspecified atom stereocenters. The van der Waals surface area contributed by atoms with Crippen LogP contribution in [0, 0.1) is 17.1 Å². The number of amides is 2. The second-order valence-corrected chi connectivity index (χ2v) is 4.61. The third-order valence-corrected chi connectivity index (χ3v) is 3.07. The quantitative estimate of drug-likeness (QED) is 0.869. The predicted molar refractivity (Wildman–Crippen MR) is 72.5 cm³/mol. The van der Waals surface area contributed by atoms with Crippen LogP contribution in [-0.2, 0) is 9.59 Å². The van der Waals surface area contributed by atoms with E-state index >= 15 is 0 Å². The largest absolute Gasteiger partial charge is 0.334 e. The number of benzene rings is 1. The molecule has 106 valence electrons. The van der Waals surface area contributed by atoms with Crippen LogP contribution in [0.3, 0.4) is 0 Å². The molecular weight excluding hydrogens is 285 g/mol. The van der Waals surface area contributed by atoms with E-state index < -0.39 is 23.7 Å². The van der Waals surface area contributed by atoms with Crippen molar-refractivity contribution in [3.63, 3.8) is 0 Å². The summed E-state index contributed by atoms with van der Waals surface area (Å²) in [6.07, 6.45) is 0.107. The monoisotopic (exact) mass is 297 g/mol. The highest BCUT2D eigenvalue weighted by Gasteiger charge is 2.23. The number of halogens is 2. The van der Waals surface area contributed by atoms with Gasteiger partial charge in [0.15, 0.2) is 0 Å². The Morgan fingerprint density at radius 1 is 1.55 bits per heavy atom. The summed E-state index contributed by atoms with van der Waals surface area (Å²) in [5, 5.41) is 10.9. The van der Waals surface area contributed by atoms with Gasteiger partial charge in [-0.3, -0.25) is 9.59 Å². The summed E-state index contributed by atoms with van der Waals surface area (Å²) in [6.45, 7) is 1.64. The number of nitrogens with zero attached hydrogens (tertiary/aromatic N) is 2. The molecule has 0 radical (unpaired) electrons. The topological polar surface area (TPSA) is 73.2 Å². The van der Waals surface area contributed by atoms with Gasteiger partial charge in [-0.05, 0) is 25.1 Å². The summed E-state index contributed by atoms with van der Waals surface area (Å²) in [6, 6.07) is 4.95. The Morgan fingerprint density at radius 3 is 2.80 bits per heavy atom. The van der Waals surface area contributed by atoms with E-state index in [4.69, 9.17) is 16.9 Å². The van der Waals surface area contributed by atoms with E-state index in [2.05, 4.69) is 5.32 Å². The summed E-state index contributed by atoms with van der Waals surface area (Å²) >= 11 is 5.79. The summed E-state index contributed by atoms with van der Waals surface area (Å²) in [7, 11) is 1.41. The third-order valence-electron chi connectivity index (χ3n) is 2.74. The fraction of sp³-hybridized carbons (Fsp3) is 0.308. The van der Waals surface area contributed by atoms with E-state index in [1.165, 1.54) is 13.1 Å². The van der Waals surface area contributed by atoms with Crippen molar-refractivity contribution in [3.8, 4) is 6.07 Å². The van der Waals surface area contributed by atoms with Gasteiger partial charge in [-0.1, -0.05) is 11.6 Å². The molecule has 0 aliphatic carbocycles. The molecule has 0 fully saturated rings. The summed E-state index contributed by atoms with van der Waals surface area (Å²) in [5.74, 6) is -2.35. The van der Waals surface area contributed by atoms with Gasteiger partial charge in [-0.2, -0.15) is 5.26 Å². The van der Waals surface area contributed by atoms with E-state index in [9.17, 15) is 14.0 Å². The highest BCUT2D eigenvalue weighted by Crippen LogP contribution is 2.22. The van der Waals surface area contributed by atoms with Gasteiger partial charge in [0.2, 0.25) is 0 Å². The first kappa shape index (κ1) is 15.9. The van der Waals surface area contributed by atoms with Crippen LogP contribution in [0.1, 0.15) is 13.3 Å². The Bertz CT molecular complexity index is 571. The predicted octanol–water partition coefficient (Wildman–Crippen LogP) is 2.18. The molecule has 0 aliphatic rings.